The van der Waals surface area contributed by atoms with Crippen LogP contribution in [0.1, 0.15) is 201 Å². The molecule has 0 radical (unpaired) electrons. The molecule has 0 spiro atoms. The lowest BCUT2D eigenvalue weighted by molar-refractivity contribution is -0.150. The zero-order valence-corrected chi connectivity index (χ0v) is 31.6. The largest absolute Gasteiger partial charge is 0.465 e. The van der Waals surface area contributed by atoms with Gasteiger partial charge in [0.15, 0.2) is 0 Å². The van der Waals surface area contributed by atoms with Crippen molar-refractivity contribution in [1.82, 2.24) is 4.90 Å². The lowest BCUT2D eigenvalue weighted by atomic mass is 9.91. The van der Waals surface area contributed by atoms with Crippen LogP contribution in [0.15, 0.2) is 0 Å². The van der Waals surface area contributed by atoms with E-state index in [-0.39, 0.29) is 24.5 Å². The number of rotatable bonds is 35. The molecular weight excluding hydrogens is 586 g/mol. The van der Waals surface area contributed by atoms with Crippen molar-refractivity contribution in [1.29, 1.82) is 0 Å². The third-order valence-electron chi connectivity index (χ3n) is 10.4. The molecule has 6 heteroatoms. The Morgan fingerprint density at radius 1 is 0.596 bits per heavy atom. The monoisotopic (exact) mass is 666 g/mol. The van der Waals surface area contributed by atoms with Crippen molar-refractivity contribution in [2.45, 2.75) is 207 Å². The Bertz CT molecular complexity index is 712. The van der Waals surface area contributed by atoms with E-state index in [4.69, 9.17) is 9.47 Å². The minimum atomic E-state index is -0.113. The first-order chi connectivity index (χ1) is 23.0. The number of nitrogens with zero attached hydrogens (tertiary/aromatic N) is 1. The van der Waals surface area contributed by atoms with Crippen molar-refractivity contribution >= 4 is 11.9 Å². The number of carbonyl (C=O) groups is 2. The van der Waals surface area contributed by atoms with Gasteiger partial charge in [0, 0.05) is 31.3 Å². The molecule has 1 rings (SSSR count). The summed E-state index contributed by atoms with van der Waals surface area (Å²) in [7, 11) is 0. The summed E-state index contributed by atoms with van der Waals surface area (Å²) in [4.78, 5) is 28.1. The lowest BCUT2D eigenvalue weighted by Gasteiger charge is -2.37. The average Bonchev–Trinajstić information content (AvgIpc) is 3.04. The maximum Gasteiger partial charge on any atom is 0.306 e. The van der Waals surface area contributed by atoms with E-state index in [2.05, 4.69) is 25.7 Å². The minimum Gasteiger partial charge on any atom is -0.465 e. The van der Waals surface area contributed by atoms with Crippen molar-refractivity contribution in [2.75, 3.05) is 32.9 Å². The number of aliphatic hydroxyl groups excluding tert-OH is 1. The molecule has 2 unspecified atom stereocenters. The van der Waals surface area contributed by atoms with Gasteiger partial charge in [-0.05, 0) is 57.4 Å². The molecule has 1 aliphatic rings. The van der Waals surface area contributed by atoms with E-state index in [0.29, 0.717) is 38.0 Å². The molecule has 0 aliphatic heterocycles. The van der Waals surface area contributed by atoms with Crippen molar-refractivity contribution in [3.05, 3.63) is 0 Å². The maximum absolute atomic E-state index is 13.1. The molecule has 47 heavy (non-hydrogen) atoms. The zero-order valence-electron chi connectivity index (χ0n) is 31.6. The van der Waals surface area contributed by atoms with E-state index in [1.165, 1.54) is 122 Å². The molecule has 6 nitrogen and oxygen atoms in total. The maximum atomic E-state index is 13.1. The summed E-state index contributed by atoms with van der Waals surface area (Å²) in [5.41, 5.74) is 0. The standard InChI is InChI=1S/C41H79NO5/c1-4-7-10-13-15-16-18-21-30-40(44)46-35-38(27-22-23-31-42(32-33-43)39-28-24-29-39)36-47-41(45)34-37(25-19-12-9-6-3)26-20-17-14-11-8-5-2/h37-39,43H,4-36H2,1-3H3. The van der Waals surface area contributed by atoms with Gasteiger partial charge in [0.25, 0.3) is 0 Å². The van der Waals surface area contributed by atoms with Gasteiger partial charge in [-0.3, -0.25) is 14.5 Å². The van der Waals surface area contributed by atoms with Crippen LogP contribution < -0.4 is 0 Å². The minimum absolute atomic E-state index is 0.0398. The Hall–Kier alpha value is -1.14. The van der Waals surface area contributed by atoms with Gasteiger partial charge in [-0.15, -0.1) is 0 Å². The third-order valence-corrected chi connectivity index (χ3v) is 10.4. The molecule has 0 aromatic rings. The van der Waals surface area contributed by atoms with E-state index < -0.39 is 0 Å². The van der Waals surface area contributed by atoms with Crippen LogP contribution in [0.25, 0.3) is 0 Å². The van der Waals surface area contributed by atoms with Crippen molar-refractivity contribution in [3.63, 3.8) is 0 Å². The van der Waals surface area contributed by atoms with Crippen LogP contribution in [0.5, 0.6) is 0 Å². The van der Waals surface area contributed by atoms with E-state index >= 15 is 0 Å². The van der Waals surface area contributed by atoms with E-state index in [1.54, 1.807) is 0 Å². The van der Waals surface area contributed by atoms with Crippen LogP contribution in [0.2, 0.25) is 0 Å². The highest BCUT2D eigenvalue weighted by Gasteiger charge is 2.24. The fourth-order valence-electron chi connectivity index (χ4n) is 6.93. The number of unbranched alkanes of at least 4 members (excludes halogenated alkanes) is 16. The molecule has 0 aromatic heterocycles. The van der Waals surface area contributed by atoms with Gasteiger partial charge in [0.1, 0.15) is 0 Å². The van der Waals surface area contributed by atoms with Gasteiger partial charge < -0.3 is 14.6 Å². The van der Waals surface area contributed by atoms with Crippen LogP contribution in [-0.2, 0) is 19.1 Å². The third kappa shape index (κ3) is 25.5. The van der Waals surface area contributed by atoms with E-state index in [9.17, 15) is 14.7 Å². The summed E-state index contributed by atoms with van der Waals surface area (Å²) < 4.78 is 11.7. The predicted octanol–water partition coefficient (Wildman–Crippen LogP) is 11.0. The summed E-state index contributed by atoms with van der Waals surface area (Å²) in [6, 6.07) is 0.627. The second-order valence-corrected chi connectivity index (χ2v) is 14.8. The Morgan fingerprint density at radius 2 is 1.06 bits per heavy atom. The second kappa shape index (κ2) is 32.1. The van der Waals surface area contributed by atoms with Crippen LogP contribution in [0.3, 0.4) is 0 Å². The first-order valence-corrected chi connectivity index (χ1v) is 20.7. The smallest absolute Gasteiger partial charge is 0.306 e. The summed E-state index contributed by atoms with van der Waals surface area (Å²) in [5, 5.41) is 9.52. The van der Waals surface area contributed by atoms with Gasteiger partial charge in [0.05, 0.1) is 19.8 Å². The average molecular weight is 666 g/mol. The van der Waals surface area contributed by atoms with Crippen LogP contribution in [-0.4, -0.2) is 60.9 Å². The molecule has 0 saturated heterocycles. The van der Waals surface area contributed by atoms with Gasteiger partial charge in [-0.1, -0.05) is 143 Å². The second-order valence-electron chi connectivity index (χ2n) is 14.8. The Morgan fingerprint density at radius 3 is 1.60 bits per heavy atom. The highest BCUT2D eigenvalue weighted by molar-refractivity contribution is 5.70. The number of ether oxygens (including phenoxy) is 2. The zero-order chi connectivity index (χ0) is 34.2. The first-order valence-electron chi connectivity index (χ1n) is 20.7. The molecule has 0 bridgehead atoms. The fraction of sp³-hybridized carbons (Fsp3) is 0.951. The Kier molecular flexibility index (Phi) is 30.0. The lowest BCUT2D eigenvalue weighted by Crippen LogP contribution is -2.42. The molecule has 1 aliphatic carbocycles. The van der Waals surface area contributed by atoms with Crippen molar-refractivity contribution < 1.29 is 24.2 Å². The molecule has 0 heterocycles. The van der Waals surface area contributed by atoms with Gasteiger partial charge >= 0.3 is 11.9 Å². The SMILES string of the molecule is CCCCCCCCCCC(=O)OCC(CCCCN(CCO)C1CCC1)COC(=O)CC(CCCCCC)CCCCCCCC. The van der Waals surface area contributed by atoms with Gasteiger partial charge in [0.2, 0.25) is 0 Å². The van der Waals surface area contributed by atoms with Gasteiger partial charge in [-0.2, -0.15) is 0 Å². The molecular formula is C41H79NO5. The van der Waals surface area contributed by atoms with E-state index in [1.807, 2.05) is 0 Å². The Labute approximate surface area is 291 Å². The molecule has 2 atom stereocenters. The molecule has 278 valence electrons. The number of hydrogen-bond donors (Lipinski definition) is 1. The molecule has 1 fully saturated rings. The number of carbonyl (C=O) groups excluding carboxylic acids is 2. The fourth-order valence-corrected chi connectivity index (χ4v) is 6.93. The number of aliphatic hydroxyl groups is 1. The molecule has 1 saturated carbocycles. The molecule has 1 N–H and O–H groups in total. The highest BCUT2D eigenvalue weighted by atomic mass is 16.5. The van der Waals surface area contributed by atoms with Crippen LogP contribution in [0, 0.1) is 11.8 Å². The summed E-state index contributed by atoms with van der Waals surface area (Å²) >= 11 is 0. The summed E-state index contributed by atoms with van der Waals surface area (Å²) in [5.74, 6) is 0.263. The van der Waals surface area contributed by atoms with E-state index in [0.717, 1.165) is 58.0 Å². The topological polar surface area (TPSA) is 76.1 Å². The predicted molar refractivity (Wildman–Crippen MR) is 198 cm³/mol. The molecule has 0 aromatic carbocycles. The normalized spacial score (nSPS) is 14.7. The Balaban J connectivity index is 2.55. The molecule has 0 amide bonds. The van der Waals surface area contributed by atoms with Crippen molar-refractivity contribution in [2.24, 2.45) is 11.8 Å². The van der Waals surface area contributed by atoms with Gasteiger partial charge in [-0.25, -0.2) is 0 Å². The van der Waals surface area contributed by atoms with Crippen LogP contribution in [0.4, 0.5) is 0 Å². The first kappa shape index (κ1) is 43.9. The highest BCUT2D eigenvalue weighted by Crippen LogP contribution is 2.26. The number of hydrogen-bond acceptors (Lipinski definition) is 6. The van der Waals surface area contributed by atoms with Crippen molar-refractivity contribution in [3.8, 4) is 0 Å². The number of esters is 2. The quantitative estimate of drug-likeness (QED) is 0.0536. The summed E-state index contributed by atoms with van der Waals surface area (Å²) in [6.07, 6.45) is 32.3. The summed E-state index contributed by atoms with van der Waals surface area (Å²) in [6.45, 7) is 9.38. The van der Waals surface area contributed by atoms with Crippen LogP contribution >= 0.6 is 0 Å².